The maximum Gasteiger partial charge on any atom is 0.250 e. The first-order valence-corrected chi connectivity index (χ1v) is 6.60. The van der Waals surface area contributed by atoms with Gasteiger partial charge in [0.25, 0.3) is 0 Å². The Morgan fingerprint density at radius 3 is 2.67 bits per heavy atom. The fourth-order valence-corrected chi connectivity index (χ4v) is 1.91. The van der Waals surface area contributed by atoms with Crippen LogP contribution in [0.4, 0.5) is 15.8 Å². The van der Waals surface area contributed by atoms with Crippen molar-refractivity contribution in [2.45, 2.75) is 19.4 Å². The van der Waals surface area contributed by atoms with Gasteiger partial charge in [0.05, 0.1) is 11.3 Å². The number of hydrogen-bond donors (Lipinski definition) is 3. The number of carbonyl (C=O) groups excluding carboxylic acids is 2. The molecule has 1 aliphatic rings. The molecule has 1 aromatic carbocycles. The number of rotatable bonds is 5. The van der Waals surface area contributed by atoms with Gasteiger partial charge in [-0.25, -0.2) is 4.39 Å². The number of ether oxygens (including phenoxy) is 1. The number of halogens is 1. The third-order valence-corrected chi connectivity index (χ3v) is 3.11. The zero-order valence-corrected chi connectivity index (χ0v) is 12.0. The van der Waals surface area contributed by atoms with Crippen molar-refractivity contribution in [3.05, 3.63) is 24.0 Å². The second kappa shape index (κ2) is 6.19. The predicted molar refractivity (Wildman–Crippen MR) is 76.6 cm³/mol. The normalized spacial score (nSPS) is 16.0. The second-order valence-electron chi connectivity index (χ2n) is 5.27. The first-order chi connectivity index (χ1) is 9.88. The molecule has 0 radical (unpaired) electrons. The Kier molecular flexibility index (Phi) is 4.54. The molecule has 2 amide bonds. The highest BCUT2D eigenvalue weighted by Gasteiger charge is 2.33. The van der Waals surface area contributed by atoms with Crippen LogP contribution in [0.1, 0.15) is 13.8 Å². The number of benzene rings is 1. The first-order valence-electron chi connectivity index (χ1n) is 6.60. The van der Waals surface area contributed by atoms with Crippen LogP contribution >= 0.6 is 0 Å². The van der Waals surface area contributed by atoms with Crippen molar-refractivity contribution in [1.29, 1.82) is 0 Å². The lowest BCUT2D eigenvalue weighted by Gasteiger charge is -2.38. The summed E-state index contributed by atoms with van der Waals surface area (Å²) < 4.78 is 19.1. The second-order valence-corrected chi connectivity index (χ2v) is 5.27. The Labute approximate surface area is 122 Å². The van der Waals surface area contributed by atoms with Gasteiger partial charge in [-0.15, -0.1) is 0 Å². The Morgan fingerprint density at radius 2 is 2.10 bits per heavy atom. The number of hydrogen-bond acceptors (Lipinski definition) is 4. The molecule has 1 aliphatic heterocycles. The molecule has 0 unspecified atom stereocenters. The quantitative estimate of drug-likeness (QED) is 0.760. The number of anilines is 2. The predicted octanol–water partition coefficient (Wildman–Crippen LogP) is 1.10. The van der Waals surface area contributed by atoms with Gasteiger partial charge in [0, 0.05) is 25.7 Å². The zero-order chi connectivity index (χ0) is 15.5. The molecule has 0 spiro atoms. The van der Waals surface area contributed by atoms with Crippen molar-refractivity contribution in [1.82, 2.24) is 5.32 Å². The molecule has 6 nitrogen and oxygen atoms in total. The number of nitrogens with one attached hydrogen (secondary N) is 3. The van der Waals surface area contributed by atoms with Crippen molar-refractivity contribution in [3.8, 4) is 0 Å². The Morgan fingerprint density at radius 1 is 1.38 bits per heavy atom. The Bertz CT molecular complexity index is 558. The molecular formula is C14H18FN3O3. The van der Waals surface area contributed by atoms with E-state index in [1.807, 2.05) is 6.92 Å². The standard InChI is InChI=1S/C14H18FN3O3/c1-9(19)17-10-3-4-11(15)12(5-10)18-13(20)6-21-14(2)7-16-8-14/h3-5,16H,6-8H2,1-2H3,(H,17,19)(H,18,20). The van der Waals surface area contributed by atoms with Crippen molar-refractivity contribution in [2.24, 2.45) is 0 Å². The third kappa shape index (κ3) is 4.24. The van der Waals surface area contributed by atoms with Gasteiger partial charge < -0.3 is 20.7 Å². The van der Waals surface area contributed by atoms with Gasteiger partial charge in [0.1, 0.15) is 12.4 Å². The number of carbonyl (C=O) groups is 2. The lowest BCUT2D eigenvalue weighted by Crippen LogP contribution is -2.59. The van der Waals surface area contributed by atoms with Crippen molar-refractivity contribution >= 4 is 23.2 Å². The maximum atomic E-state index is 13.6. The molecule has 1 heterocycles. The van der Waals surface area contributed by atoms with Crippen LogP contribution in [0.25, 0.3) is 0 Å². The van der Waals surface area contributed by atoms with Gasteiger partial charge in [-0.2, -0.15) is 0 Å². The van der Waals surface area contributed by atoms with E-state index in [-0.39, 0.29) is 23.8 Å². The van der Waals surface area contributed by atoms with Crippen molar-refractivity contribution in [3.63, 3.8) is 0 Å². The summed E-state index contributed by atoms with van der Waals surface area (Å²) >= 11 is 0. The van der Waals surface area contributed by atoms with Crippen LogP contribution in [-0.4, -0.2) is 37.1 Å². The van der Waals surface area contributed by atoms with Gasteiger partial charge in [-0.05, 0) is 25.1 Å². The molecule has 7 heteroatoms. The summed E-state index contributed by atoms with van der Waals surface area (Å²) in [6.45, 7) is 4.47. The summed E-state index contributed by atoms with van der Waals surface area (Å²) in [4.78, 5) is 22.7. The van der Waals surface area contributed by atoms with E-state index in [1.54, 1.807) is 0 Å². The van der Waals surface area contributed by atoms with E-state index < -0.39 is 11.7 Å². The molecule has 1 saturated heterocycles. The van der Waals surface area contributed by atoms with Crippen LogP contribution in [-0.2, 0) is 14.3 Å². The van der Waals surface area contributed by atoms with Gasteiger partial charge >= 0.3 is 0 Å². The summed E-state index contributed by atoms with van der Waals surface area (Å²) in [5.74, 6) is -1.29. The fourth-order valence-electron chi connectivity index (χ4n) is 1.91. The maximum absolute atomic E-state index is 13.6. The molecule has 0 saturated carbocycles. The van der Waals surface area contributed by atoms with E-state index in [1.165, 1.54) is 25.1 Å². The highest BCUT2D eigenvalue weighted by molar-refractivity contribution is 5.94. The molecule has 0 atom stereocenters. The largest absolute Gasteiger partial charge is 0.363 e. The molecule has 1 aromatic rings. The molecule has 2 rings (SSSR count). The van der Waals surface area contributed by atoms with E-state index >= 15 is 0 Å². The van der Waals surface area contributed by atoms with Gasteiger partial charge in [-0.3, -0.25) is 9.59 Å². The van der Waals surface area contributed by atoms with Gasteiger partial charge in [0.2, 0.25) is 11.8 Å². The fraction of sp³-hybridized carbons (Fsp3) is 0.429. The highest BCUT2D eigenvalue weighted by atomic mass is 19.1. The van der Waals surface area contributed by atoms with Crippen LogP contribution in [0.3, 0.4) is 0 Å². The average Bonchev–Trinajstić information content (AvgIpc) is 2.37. The monoisotopic (exact) mass is 295 g/mol. The average molecular weight is 295 g/mol. The molecule has 114 valence electrons. The minimum Gasteiger partial charge on any atom is -0.363 e. The minimum atomic E-state index is -0.575. The SMILES string of the molecule is CC(=O)Nc1ccc(F)c(NC(=O)COC2(C)CNC2)c1. The summed E-state index contributed by atoms with van der Waals surface area (Å²) in [6.07, 6.45) is 0. The molecular weight excluding hydrogens is 277 g/mol. The van der Waals surface area contributed by atoms with Crippen LogP contribution in [0.2, 0.25) is 0 Å². The van der Waals surface area contributed by atoms with Crippen LogP contribution in [0.5, 0.6) is 0 Å². The van der Waals surface area contributed by atoms with Crippen LogP contribution in [0.15, 0.2) is 18.2 Å². The Hall–Kier alpha value is -1.99. The molecule has 0 bridgehead atoms. The molecule has 0 aromatic heterocycles. The molecule has 1 fully saturated rings. The van der Waals surface area contributed by atoms with Crippen molar-refractivity contribution in [2.75, 3.05) is 30.3 Å². The van der Waals surface area contributed by atoms with E-state index in [0.29, 0.717) is 18.8 Å². The molecule has 0 aliphatic carbocycles. The van der Waals surface area contributed by atoms with E-state index in [9.17, 15) is 14.0 Å². The lowest BCUT2D eigenvalue weighted by atomic mass is 10.0. The van der Waals surface area contributed by atoms with Gasteiger partial charge in [0.15, 0.2) is 0 Å². The van der Waals surface area contributed by atoms with E-state index in [4.69, 9.17) is 4.74 Å². The molecule has 3 N–H and O–H groups in total. The van der Waals surface area contributed by atoms with E-state index in [2.05, 4.69) is 16.0 Å². The minimum absolute atomic E-state index is 0.00624. The zero-order valence-electron chi connectivity index (χ0n) is 12.0. The molecule has 21 heavy (non-hydrogen) atoms. The Balaban J connectivity index is 1.94. The third-order valence-electron chi connectivity index (χ3n) is 3.11. The van der Waals surface area contributed by atoms with Gasteiger partial charge in [-0.1, -0.05) is 0 Å². The lowest BCUT2D eigenvalue weighted by molar-refractivity contribution is -0.130. The topological polar surface area (TPSA) is 79.5 Å². The van der Waals surface area contributed by atoms with E-state index in [0.717, 1.165) is 0 Å². The summed E-state index contributed by atoms with van der Waals surface area (Å²) in [6, 6.07) is 3.96. The summed E-state index contributed by atoms with van der Waals surface area (Å²) in [7, 11) is 0. The van der Waals surface area contributed by atoms with Crippen molar-refractivity contribution < 1.29 is 18.7 Å². The van der Waals surface area contributed by atoms with Crippen LogP contribution in [0, 0.1) is 5.82 Å². The summed E-state index contributed by atoms with van der Waals surface area (Å²) in [5.41, 5.74) is 0.0792. The summed E-state index contributed by atoms with van der Waals surface area (Å²) in [5, 5.41) is 8.01. The first kappa shape index (κ1) is 15.4. The highest BCUT2D eigenvalue weighted by Crippen LogP contribution is 2.20. The smallest absolute Gasteiger partial charge is 0.250 e. The van der Waals surface area contributed by atoms with Crippen LogP contribution < -0.4 is 16.0 Å². The number of amides is 2.